The van der Waals surface area contributed by atoms with Crippen molar-refractivity contribution in [3.63, 3.8) is 0 Å². The maximum atomic E-state index is 12.6. The van der Waals surface area contributed by atoms with Gasteiger partial charge in [-0.3, -0.25) is 4.79 Å². The summed E-state index contributed by atoms with van der Waals surface area (Å²) >= 11 is 8.44. The van der Waals surface area contributed by atoms with Gasteiger partial charge in [0, 0.05) is 0 Å². The molecule has 1 rings (SSSR count). The van der Waals surface area contributed by atoms with Crippen molar-refractivity contribution in [1.82, 2.24) is 0 Å². The van der Waals surface area contributed by atoms with Crippen LogP contribution in [0.2, 0.25) is 5.02 Å². The van der Waals surface area contributed by atoms with Crippen molar-refractivity contribution >= 4 is 39.1 Å². The number of carbonyl (C=O) groups excluding carboxylic acids is 1. The van der Waals surface area contributed by atoms with Gasteiger partial charge in [0.1, 0.15) is 0 Å². The summed E-state index contributed by atoms with van der Waals surface area (Å²) in [4.78, 5) is 11.0. The summed E-state index contributed by atoms with van der Waals surface area (Å²) in [7, 11) is 0. The van der Waals surface area contributed by atoms with Gasteiger partial charge in [-0.2, -0.15) is 13.2 Å². The summed E-state index contributed by atoms with van der Waals surface area (Å²) in [5.74, 6) is -0.599. The second-order valence-electron chi connectivity index (χ2n) is 2.84. The van der Waals surface area contributed by atoms with E-state index in [1.807, 2.05) is 0 Å². The van der Waals surface area contributed by atoms with Gasteiger partial charge in [-0.15, -0.1) is 0 Å². The number of rotatable bonds is 2. The lowest BCUT2D eigenvalue weighted by Crippen LogP contribution is -2.17. The van der Waals surface area contributed by atoms with Crippen molar-refractivity contribution < 1.29 is 18.0 Å². The molecule has 2 nitrogen and oxygen atoms in total. The van der Waals surface area contributed by atoms with Crippen molar-refractivity contribution in [2.45, 2.75) is 6.18 Å². The molecule has 0 aliphatic rings. The second kappa shape index (κ2) is 5.05. The third-order valence-electron chi connectivity index (χ3n) is 1.70. The number of para-hydroxylation sites is 1. The summed E-state index contributed by atoms with van der Waals surface area (Å²) < 4.78 is 37.7. The van der Waals surface area contributed by atoms with Gasteiger partial charge in [-0.05, 0) is 12.1 Å². The molecule has 0 bridgehead atoms. The first-order valence-corrected chi connectivity index (χ1v) is 5.57. The zero-order chi connectivity index (χ0) is 12.3. The van der Waals surface area contributed by atoms with Gasteiger partial charge in [0.05, 0.1) is 21.6 Å². The van der Waals surface area contributed by atoms with Crippen molar-refractivity contribution in [2.24, 2.45) is 0 Å². The molecule has 0 radical (unpaired) electrons. The van der Waals surface area contributed by atoms with E-state index in [-0.39, 0.29) is 10.4 Å². The van der Waals surface area contributed by atoms with Crippen LogP contribution in [0, 0.1) is 0 Å². The molecule has 0 saturated carbocycles. The summed E-state index contributed by atoms with van der Waals surface area (Å²) in [6, 6.07) is 3.31. The number of hydrogen-bond donors (Lipinski definition) is 1. The standard InChI is InChI=1S/C9H6BrClF3NO/c10-4-7(16)15-8-5(9(12,13)14)2-1-3-6(8)11/h1-3H,4H2,(H,15,16). The lowest BCUT2D eigenvalue weighted by Gasteiger charge is -2.14. The number of halogens is 5. The summed E-state index contributed by atoms with van der Waals surface area (Å²) in [5, 5.41) is 1.85. The van der Waals surface area contributed by atoms with Crippen LogP contribution in [-0.4, -0.2) is 11.2 Å². The van der Waals surface area contributed by atoms with Crippen LogP contribution >= 0.6 is 27.5 Å². The van der Waals surface area contributed by atoms with Crippen LogP contribution in [0.1, 0.15) is 5.56 Å². The average molecular weight is 317 g/mol. The largest absolute Gasteiger partial charge is 0.418 e. The van der Waals surface area contributed by atoms with E-state index >= 15 is 0 Å². The van der Waals surface area contributed by atoms with E-state index in [4.69, 9.17) is 11.6 Å². The fourth-order valence-electron chi connectivity index (χ4n) is 1.06. The molecule has 0 aliphatic carbocycles. The van der Waals surface area contributed by atoms with Crippen LogP contribution in [0.5, 0.6) is 0 Å². The van der Waals surface area contributed by atoms with Gasteiger partial charge in [0.15, 0.2) is 0 Å². The Hall–Kier alpha value is -0.750. The van der Waals surface area contributed by atoms with E-state index in [1.54, 1.807) is 0 Å². The van der Waals surface area contributed by atoms with Crippen molar-refractivity contribution in [1.29, 1.82) is 0 Å². The van der Waals surface area contributed by atoms with Crippen LogP contribution in [0.4, 0.5) is 18.9 Å². The molecule has 0 saturated heterocycles. The highest BCUT2D eigenvalue weighted by atomic mass is 79.9. The first-order valence-electron chi connectivity index (χ1n) is 4.07. The van der Waals surface area contributed by atoms with E-state index in [1.165, 1.54) is 12.1 Å². The molecule has 0 fully saturated rings. The van der Waals surface area contributed by atoms with Gasteiger partial charge >= 0.3 is 6.18 Å². The predicted molar refractivity (Wildman–Crippen MR) is 58.9 cm³/mol. The van der Waals surface area contributed by atoms with Gasteiger partial charge < -0.3 is 5.32 Å². The fraction of sp³-hybridized carbons (Fsp3) is 0.222. The first-order chi connectivity index (χ1) is 7.36. The summed E-state index contributed by atoms with van der Waals surface area (Å²) in [5.41, 5.74) is -1.38. The van der Waals surface area contributed by atoms with Crippen LogP contribution in [-0.2, 0) is 11.0 Å². The van der Waals surface area contributed by atoms with E-state index in [9.17, 15) is 18.0 Å². The second-order valence-corrected chi connectivity index (χ2v) is 3.81. The van der Waals surface area contributed by atoms with Crippen molar-refractivity contribution in [3.8, 4) is 0 Å². The molecule has 1 aromatic carbocycles. The molecule has 16 heavy (non-hydrogen) atoms. The SMILES string of the molecule is O=C(CBr)Nc1c(Cl)cccc1C(F)(F)F. The number of amides is 1. The minimum atomic E-state index is -4.56. The quantitative estimate of drug-likeness (QED) is 0.828. The molecule has 1 aromatic rings. The van der Waals surface area contributed by atoms with Crippen LogP contribution < -0.4 is 5.32 Å². The third-order valence-corrected chi connectivity index (χ3v) is 2.53. The van der Waals surface area contributed by atoms with Gasteiger partial charge in [-0.1, -0.05) is 33.6 Å². The molecular formula is C9H6BrClF3NO. The monoisotopic (exact) mass is 315 g/mol. The minimum Gasteiger partial charge on any atom is -0.324 e. The van der Waals surface area contributed by atoms with E-state index in [2.05, 4.69) is 21.2 Å². The molecule has 0 unspecified atom stereocenters. The molecule has 0 aliphatic heterocycles. The highest BCUT2D eigenvalue weighted by molar-refractivity contribution is 9.09. The number of carbonyl (C=O) groups is 1. The van der Waals surface area contributed by atoms with Crippen LogP contribution in [0.15, 0.2) is 18.2 Å². The molecule has 0 atom stereocenters. The Kier molecular flexibility index (Phi) is 4.21. The molecule has 1 N–H and O–H groups in total. The number of benzene rings is 1. The zero-order valence-corrected chi connectivity index (χ0v) is 10.1. The Bertz CT molecular complexity index is 408. The highest BCUT2D eigenvalue weighted by Crippen LogP contribution is 2.38. The van der Waals surface area contributed by atoms with Crippen molar-refractivity contribution in [2.75, 3.05) is 10.6 Å². The molecule has 88 valence electrons. The number of nitrogens with one attached hydrogen (secondary N) is 1. The predicted octanol–water partition coefficient (Wildman–Crippen LogP) is 3.69. The fourth-order valence-corrected chi connectivity index (χ4v) is 1.42. The number of anilines is 1. The molecule has 0 spiro atoms. The Balaban J connectivity index is 3.19. The van der Waals surface area contributed by atoms with E-state index in [0.29, 0.717) is 0 Å². The van der Waals surface area contributed by atoms with Crippen molar-refractivity contribution in [3.05, 3.63) is 28.8 Å². The first kappa shape index (κ1) is 13.3. The lowest BCUT2D eigenvalue weighted by molar-refractivity contribution is -0.136. The Morgan fingerprint density at radius 2 is 2.06 bits per heavy atom. The number of alkyl halides is 4. The summed E-state index contributed by atoms with van der Waals surface area (Å²) in [6.07, 6.45) is -4.56. The van der Waals surface area contributed by atoms with Crippen LogP contribution in [0.3, 0.4) is 0 Å². The average Bonchev–Trinajstić information content (AvgIpc) is 2.19. The van der Waals surface area contributed by atoms with Gasteiger partial charge in [-0.25, -0.2) is 0 Å². The van der Waals surface area contributed by atoms with Gasteiger partial charge in [0.2, 0.25) is 5.91 Å². The lowest BCUT2D eigenvalue weighted by atomic mass is 10.1. The molecule has 7 heteroatoms. The normalized spacial score (nSPS) is 11.3. The molecule has 0 aromatic heterocycles. The molecular weight excluding hydrogens is 310 g/mol. The van der Waals surface area contributed by atoms with Crippen LogP contribution in [0.25, 0.3) is 0 Å². The third kappa shape index (κ3) is 3.12. The Morgan fingerprint density at radius 1 is 1.44 bits per heavy atom. The molecule has 1 amide bonds. The van der Waals surface area contributed by atoms with E-state index < -0.39 is 23.3 Å². The topological polar surface area (TPSA) is 29.1 Å². The zero-order valence-electron chi connectivity index (χ0n) is 7.74. The van der Waals surface area contributed by atoms with Gasteiger partial charge in [0.25, 0.3) is 0 Å². The highest BCUT2D eigenvalue weighted by Gasteiger charge is 2.34. The molecule has 0 heterocycles. The number of hydrogen-bond acceptors (Lipinski definition) is 1. The Labute approximate surface area is 103 Å². The minimum absolute atomic E-state index is 0.102. The maximum Gasteiger partial charge on any atom is 0.418 e. The Morgan fingerprint density at radius 3 is 2.56 bits per heavy atom. The summed E-state index contributed by atoms with van der Waals surface area (Å²) in [6.45, 7) is 0. The smallest absolute Gasteiger partial charge is 0.324 e. The maximum absolute atomic E-state index is 12.6. The van der Waals surface area contributed by atoms with E-state index in [0.717, 1.165) is 6.07 Å².